The van der Waals surface area contributed by atoms with Gasteiger partial charge in [-0.1, -0.05) is 12.1 Å². The van der Waals surface area contributed by atoms with Gasteiger partial charge < -0.3 is 10.1 Å². The van der Waals surface area contributed by atoms with Gasteiger partial charge in [-0.3, -0.25) is 0 Å². The Labute approximate surface area is 131 Å². The Hall–Kier alpha value is -1.65. The van der Waals surface area contributed by atoms with Crippen LogP contribution >= 0.6 is 12.4 Å². The maximum Gasteiger partial charge on any atom is 0.321 e. The molecule has 3 rings (SSSR count). The van der Waals surface area contributed by atoms with E-state index in [1.54, 1.807) is 12.4 Å². The molecule has 0 atom stereocenters. The molecule has 0 aliphatic carbocycles. The Balaban J connectivity index is 0.00000161. The topological polar surface area (TPSA) is 47.0 Å². The number of nitrogens with zero attached hydrogens (tertiary/aromatic N) is 2. The molecule has 0 bridgehead atoms. The van der Waals surface area contributed by atoms with E-state index >= 15 is 0 Å². The summed E-state index contributed by atoms with van der Waals surface area (Å²) in [5.74, 6) is 1.45. The van der Waals surface area contributed by atoms with Crippen molar-refractivity contribution >= 4 is 12.4 Å². The predicted molar refractivity (Wildman–Crippen MR) is 85.4 cm³/mol. The van der Waals surface area contributed by atoms with Crippen molar-refractivity contribution in [3.05, 3.63) is 47.8 Å². The van der Waals surface area contributed by atoms with Gasteiger partial charge in [-0.25, -0.2) is 9.97 Å². The highest BCUT2D eigenvalue weighted by atomic mass is 35.5. The van der Waals surface area contributed by atoms with E-state index in [0.717, 1.165) is 24.4 Å². The highest BCUT2D eigenvalue weighted by Gasteiger charge is 2.14. The molecule has 21 heavy (non-hydrogen) atoms. The number of piperidine rings is 1. The molecule has 0 spiro atoms. The monoisotopic (exact) mass is 305 g/mol. The lowest BCUT2D eigenvalue weighted by atomic mass is 9.90. The molecule has 2 aromatic rings. The van der Waals surface area contributed by atoms with Gasteiger partial charge in [0.15, 0.2) is 0 Å². The molecule has 0 amide bonds. The van der Waals surface area contributed by atoms with Gasteiger partial charge in [0.25, 0.3) is 0 Å². The van der Waals surface area contributed by atoms with Gasteiger partial charge in [-0.15, -0.1) is 12.4 Å². The molecule has 1 aromatic heterocycles. The quantitative estimate of drug-likeness (QED) is 0.943. The van der Waals surface area contributed by atoms with Crippen molar-refractivity contribution < 1.29 is 4.74 Å². The lowest BCUT2D eigenvalue weighted by molar-refractivity contribution is 0.439. The molecule has 1 aliphatic rings. The first-order chi connectivity index (χ1) is 9.81. The lowest BCUT2D eigenvalue weighted by Crippen LogP contribution is -2.26. The SMILES string of the molecule is Cc1cnc(Oc2ccc(C3CCNCC3)cc2)nc1.Cl. The van der Waals surface area contributed by atoms with Crippen LogP contribution in [0.1, 0.15) is 29.9 Å². The normalized spacial score (nSPS) is 15.3. The average molecular weight is 306 g/mol. The largest absolute Gasteiger partial charge is 0.424 e. The van der Waals surface area contributed by atoms with E-state index in [4.69, 9.17) is 4.74 Å². The third-order valence-corrected chi connectivity index (χ3v) is 3.66. The minimum absolute atomic E-state index is 0. The van der Waals surface area contributed by atoms with Crippen LogP contribution in [0, 0.1) is 6.92 Å². The molecule has 0 unspecified atom stereocenters. The van der Waals surface area contributed by atoms with E-state index in [9.17, 15) is 0 Å². The number of benzene rings is 1. The minimum atomic E-state index is 0. The van der Waals surface area contributed by atoms with Crippen molar-refractivity contribution in [2.24, 2.45) is 0 Å². The number of nitrogens with one attached hydrogen (secondary N) is 1. The Kier molecular flexibility index (Phi) is 5.53. The van der Waals surface area contributed by atoms with Crippen LogP contribution < -0.4 is 10.1 Å². The fourth-order valence-electron chi connectivity index (χ4n) is 2.50. The fraction of sp³-hybridized carbons (Fsp3) is 0.375. The number of halogens is 1. The number of ether oxygens (including phenoxy) is 1. The van der Waals surface area contributed by atoms with E-state index in [1.807, 2.05) is 19.1 Å². The summed E-state index contributed by atoms with van der Waals surface area (Å²) in [6.07, 6.45) is 5.93. The van der Waals surface area contributed by atoms with Crippen LogP contribution in [0.15, 0.2) is 36.7 Å². The zero-order valence-electron chi connectivity index (χ0n) is 12.1. The molecule has 5 heteroatoms. The summed E-state index contributed by atoms with van der Waals surface area (Å²) in [6.45, 7) is 4.18. The van der Waals surface area contributed by atoms with E-state index < -0.39 is 0 Å². The summed E-state index contributed by atoms with van der Waals surface area (Å²) < 4.78 is 5.64. The first kappa shape index (κ1) is 15.7. The van der Waals surface area contributed by atoms with Gasteiger partial charge in [-0.2, -0.15) is 0 Å². The van der Waals surface area contributed by atoms with Crippen LogP contribution in [0.2, 0.25) is 0 Å². The van der Waals surface area contributed by atoms with Gasteiger partial charge in [0.2, 0.25) is 0 Å². The van der Waals surface area contributed by atoms with Crippen molar-refractivity contribution in [2.45, 2.75) is 25.7 Å². The molecular weight excluding hydrogens is 286 g/mol. The third kappa shape index (κ3) is 4.16. The van der Waals surface area contributed by atoms with Crippen LogP contribution in [0.25, 0.3) is 0 Å². The molecule has 112 valence electrons. The van der Waals surface area contributed by atoms with Crippen molar-refractivity contribution in [1.82, 2.24) is 15.3 Å². The van der Waals surface area contributed by atoms with Gasteiger partial charge >= 0.3 is 6.01 Å². The fourth-order valence-corrected chi connectivity index (χ4v) is 2.50. The second-order valence-electron chi connectivity index (χ2n) is 5.24. The number of rotatable bonds is 3. The molecule has 1 aliphatic heterocycles. The van der Waals surface area contributed by atoms with Crippen LogP contribution in [0.3, 0.4) is 0 Å². The maximum atomic E-state index is 5.64. The Morgan fingerprint density at radius 1 is 1.05 bits per heavy atom. The van der Waals surface area contributed by atoms with E-state index in [2.05, 4.69) is 27.4 Å². The summed E-state index contributed by atoms with van der Waals surface area (Å²) >= 11 is 0. The molecule has 2 heterocycles. The molecule has 1 aromatic carbocycles. The zero-order valence-corrected chi connectivity index (χ0v) is 12.9. The molecule has 1 saturated heterocycles. The maximum absolute atomic E-state index is 5.64. The highest BCUT2D eigenvalue weighted by Crippen LogP contribution is 2.27. The smallest absolute Gasteiger partial charge is 0.321 e. The molecular formula is C16H20ClN3O. The number of hydrogen-bond acceptors (Lipinski definition) is 4. The summed E-state index contributed by atoms with van der Waals surface area (Å²) in [6, 6.07) is 8.70. The molecule has 0 saturated carbocycles. The van der Waals surface area contributed by atoms with E-state index in [-0.39, 0.29) is 12.4 Å². The second-order valence-corrected chi connectivity index (χ2v) is 5.24. The number of aryl methyl sites for hydroxylation is 1. The van der Waals surface area contributed by atoms with E-state index in [0.29, 0.717) is 11.9 Å². The highest BCUT2D eigenvalue weighted by molar-refractivity contribution is 5.85. The molecule has 0 radical (unpaired) electrons. The van der Waals surface area contributed by atoms with Crippen LogP contribution in [-0.4, -0.2) is 23.1 Å². The van der Waals surface area contributed by atoms with Gasteiger partial charge in [-0.05, 0) is 62.0 Å². The molecule has 1 fully saturated rings. The summed E-state index contributed by atoms with van der Waals surface area (Å²) in [5.41, 5.74) is 2.42. The van der Waals surface area contributed by atoms with Gasteiger partial charge in [0, 0.05) is 12.4 Å². The third-order valence-electron chi connectivity index (χ3n) is 3.66. The first-order valence-electron chi connectivity index (χ1n) is 7.08. The van der Waals surface area contributed by atoms with Crippen molar-refractivity contribution in [1.29, 1.82) is 0 Å². The van der Waals surface area contributed by atoms with Crippen molar-refractivity contribution in [2.75, 3.05) is 13.1 Å². The van der Waals surface area contributed by atoms with Crippen molar-refractivity contribution in [3.63, 3.8) is 0 Å². The second kappa shape index (κ2) is 7.38. The Morgan fingerprint density at radius 2 is 1.67 bits per heavy atom. The predicted octanol–water partition coefficient (Wildman–Crippen LogP) is 3.47. The number of aromatic nitrogens is 2. The molecule has 1 N–H and O–H groups in total. The van der Waals surface area contributed by atoms with E-state index in [1.165, 1.54) is 18.4 Å². The lowest BCUT2D eigenvalue weighted by Gasteiger charge is -2.23. The van der Waals surface area contributed by atoms with Gasteiger partial charge in [0.1, 0.15) is 5.75 Å². The standard InChI is InChI=1S/C16H19N3O.ClH/c1-12-10-18-16(19-11-12)20-15-4-2-13(3-5-15)14-6-8-17-9-7-14;/h2-5,10-11,14,17H,6-9H2,1H3;1H. The first-order valence-corrected chi connectivity index (χ1v) is 7.08. The summed E-state index contributed by atoms with van der Waals surface area (Å²) in [4.78, 5) is 8.29. The number of hydrogen-bond donors (Lipinski definition) is 1. The zero-order chi connectivity index (χ0) is 13.8. The van der Waals surface area contributed by atoms with Crippen LogP contribution in [0.5, 0.6) is 11.8 Å². The Morgan fingerprint density at radius 3 is 2.29 bits per heavy atom. The van der Waals surface area contributed by atoms with Gasteiger partial charge in [0.05, 0.1) is 0 Å². The van der Waals surface area contributed by atoms with Crippen LogP contribution in [-0.2, 0) is 0 Å². The Bertz CT molecular complexity index is 551. The van der Waals surface area contributed by atoms with Crippen molar-refractivity contribution in [3.8, 4) is 11.8 Å². The summed E-state index contributed by atoms with van der Waals surface area (Å²) in [7, 11) is 0. The van der Waals surface area contributed by atoms with Crippen LogP contribution in [0.4, 0.5) is 0 Å². The summed E-state index contributed by atoms with van der Waals surface area (Å²) in [5, 5.41) is 3.39. The minimum Gasteiger partial charge on any atom is -0.424 e. The molecule has 4 nitrogen and oxygen atoms in total. The average Bonchev–Trinajstić information content (AvgIpc) is 2.51.